The number of anilines is 2. The second-order valence-electron chi connectivity index (χ2n) is 6.26. The average molecular weight is 475 g/mol. The molecule has 25 heavy (non-hydrogen) atoms. The van der Waals surface area contributed by atoms with Crippen LogP contribution in [0.25, 0.3) is 0 Å². The highest BCUT2D eigenvalue weighted by atomic mass is 79.9. The summed E-state index contributed by atoms with van der Waals surface area (Å²) in [5, 5.41) is 5.56. The van der Waals surface area contributed by atoms with Crippen LogP contribution in [0.3, 0.4) is 0 Å². The predicted molar refractivity (Wildman–Crippen MR) is 103 cm³/mol. The normalized spacial score (nSPS) is 11.1. The van der Waals surface area contributed by atoms with Gasteiger partial charge in [0.15, 0.2) is 0 Å². The lowest BCUT2D eigenvalue weighted by molar-refractivity contribution is 0.0636. The average Bonchev–Trinajstić information content (AvgIpc) is 2.47. The first-order chi connectivity index (χ1) is 11.6. The first-order valence-electron chi connectivity index (χ1n) is 7.47. The van der Waals surface area contributed by atoms with Crippen LogP contribution in [0.1, 0.15) is 26.5 Å². The number of pyridine rings is 1. The molecule has 0 radical (unpaired) electrons. The molecular weight excluding hydrogens is 457 g/mol. The van der Waals surface area contributed by atoms with Crippen molar-refractivity contribution in [1.29, 1.82) is 0 Å². The third-order valence-electron chi connectivity index (χ3n) is 2.94. The fourth-order valence-corrected chi connectivity index (χ4v) is 3.04. The fraction of sp³-hybridized carbons (Fsp3) is 0.294. The van der Waals surface area contributed by atoms with E-state index in [0.29, 0.717) is 12.2 Å². The number of hydrogen-bond donors (Lipinski definition) is 2. The van der Waals surface area contributed by atoms with Crippen LogP contribution in [0.15, 0.2) is 39.4 Å². The molecule has 2 aromatic rings. The van der Waals surface area contributed by atoms with Gasteiger partial charge in [0.1, 0.15) is 11.4 Å². The second kappa shape index (κ2) is 8.14. The quantitative estimate of drug-likeness (QED) is 0.596. The van der Waals surface area contributed by atoms with Gasteiger partial charge in [-0.2, -0.15) is 0 Å². The number of carbonyl (C=O) groups excluding carboxylic acids is 1. The molecule has 0 saturated heterocycles. The minimum atomic E-state index is -0.606. The lowest BCUT2D eigenvalue weighted by atomic mass is 10.2. The van der Waals surface area contributed by atoms with E-state index in [-0.39, 0.29) is 5.69 Å². The molecule has 1 heterocycles. The van der Waals surface area contributed by atoms with E-state index in [1.54, 1.807) is 27.0 Å². The summed E-state index contributed by atoms with van der Waals surface area (Å²) < 4.78 is 20.8. The molecule has 5 nitrogen and oxygen atoms in total. The molecule has 0 atom stereocenters. The lowest BCUT2D eigenvalue weighted by Crippen LogP contribution is -2.27. The van der Waals surface area contributed by atoms with Gasteiger partial charge in [-0.05, 0) is 76.9 Å². The van der Waals surface area contributed by atoms with Crippen LogP contribution in [0.4, 0.5) is 20.6 Å². The Balaban J connectivity index is 2.07. The molecule has 0 aliphatic carbocycles. The maximum Gasteiger partial charge on any atom is 0.412 e. The molecule has 0 fully saturated rings. The number of carbonyl (C=O) groups is 1. The van der Waals surface area contributed by atoms with Crippen molar-refractivity contribution >= 4 is 49.3 Å². The number of ether oxygens (including phenoxy) is 1. The molecular formula is C17H18Br2FN3O2. The zero-order chi connectivity index (χ0) is 18.6. The molecule has 134 valence electrons. The number of halogens is 3. The third kappa shape index (κ3) is 6.28. The van der Waals surface area contributed by atoms with Crippen LogP contribution in [0, 0.1) is 5.82 Å². The Labute approximate surface area is 162 Å². The summed E-state index contributed by atoms with van der Waals surface area (Å²) in [5.74, 6) is -0.428. The molecule has 0 saturated carbocycles. The Kier molecular flexibility index (Phi) is 6.40. The van der Waals surface area contributed by atoms with Crippen molar-refractivity contribution in [1.82, 2.24) is 4.98 Å². The summed E-state index contributed by atoms with van der Waals surface area (Å²) in [7, 11) is 0. The van der Waals surface area contributed by atoms with Crippen molar-refractivity contribution in [2.75, 3.05) is 10.6 Å². The summed E-state index contributed by atoms with van der Waals surface area (Å²) in [6.07, 6.45) is 1.07. The highest BCUT2D eigenvalue weighted by molar-refractivity contribution is 9.11. The van der Waals surface area contributed by atoms with E-state index in [0.717, 1.165) is 14.6 Å². The number of amides is 1. The van der Waals surface area contributed by atoms with Crippen molar-refractivity contribution in [3.05, 3.63) is 50.9 Å². The van der Waals surface area contributed by atoms with Crippen LogP contribution in [-0.2, 0) is 11.3 Å². The van der Waals surface area contributed by atoms with Crippen molar-refractivity contribution in [3.8, 4) is 0 Å². The van der Waals surface area contributed by atoms with E-state index in [2.05, 4.69) is 47.5 Å². The molecule has 1 aromatic carbocycles. The molecule has 2 rings (SSSR count). The van der Waals surface area contributed by atoms with Crippen LogP contribution in [-0.4, -0.2) is 16.7 Å². The number of nitrogens with one attached hydrogen (secondary N) is 2. The van der Waals surface area contributed by atoms with E-state index in [1.807, 2.05) is 6.07 Å². The largest absolute Gasteiger partial charge is 0.444 e. The third-order valence-corrected chi connectivity index (χ3v) is 4.06. The zero-order valence-electron chi connectivity index (χ0n) is 14.0. The Morgan fingerprint density at radius 1 is 1.28 bits per heavy atom. The Hall–Kier alpha value is -1.67. The Morgan fingerprint density at radius 2 is 2.00 bits per heavy atom. The number of hydrogen-bond acceptors (Lipinski definition) is 4. The summed E-state index contributed by atoms with van der Waals surface area (Å²) in [6, 6.07) is 6.12. The number of nitrogens with zero attached hydrogens (tertiary/aromatic N) is 1. The first-order valence-corrected chi connectivity index (χ1v) is 9.06. The van der Waals surface area contributed by atoms with Crippen LogP contribution in [0.5, 0.6) is 0 Å². The van der Waals surface area contributed by atoms with Gasteiger partial charge in [-0.1, -0.05) is 0 Å². The van der Waals surface area contributed by atoms with E-state index < -0.39 is 17.5 Å². The van der Waals surface area contributed by atoms with Gasteiger partial charge < -0.3 is 10.1 Å². The lowest BCUT2D eigenvalue weighted by Gasteiger charge is -2.20. The van der Waals surface area contributed by atoms with E-state index in [1.165, 1.54) is 18.2 Å². The summed E-state index contributed by atoms with van der Waals surface area (Å²) in [6.45, 7) is 5.63. The molecule has 1 aromatic heterocycles. The van der Waals surface area contributed by atoms with Crippen LogP contribution in [0.2, 0.25) is 0 Å². The highest BCUT2D eigenvalue weighted by Gasteiger charge is 2.16. The summed E-state index contributed by atoms with van der Waals surface area (Å²) in [4.78, 5) is 16.1. The van der Waals surface area contributed by atoms with Gasteiger partial charge in [0, 0.05) is 20.8 Å². The molecule has 0 bridgehead atoms. The zero-order valence-corrected chi connectivity index (χ0v) is 17.2. The maximum atomic E-state index is 14.0. The molecule has 0 unspecified atom stereocenters. The van der Waals surface area contributed by atoms with Gasteiger partial charge in [0.05, 0.1) is 17.9 Å². The molecule has 0 aliphatic heterocycles. The molecule has 0 aliphatic rings. The van der Waals surface area contributed by atoms with Gasteiger partial charge in [-0.25, -0.2) is 9.18 Å². The highest BCUT2D eigenvalue weighted by Crippen LogP contribution is 2.23. The van der Waals surface area contributed by atoms with Gasteiger partial charge in [0.25, 0.3) is 0 Å². The van der Waals surface area contributed by atoms with Crippen molar-refractivity contribution in [2.45, 2.75) is 32.9 Å². The number of rotatable bonds is 4. The van der Waals surface area contributed by atoms with Gasteiger partial charge in [-0.3, -0.25) is 10.3 Å². The minimum absolute atomic E-state index is 0.255. The van der Waals surface area contributed by atoms with Gasteiger partial charge in [0.2, 0.25) is 0 Å². The van der Waals surface area contributed by atoms with E-state index >= 15 is 0 Å². The topological polar surface area (TPSA) is 63.2 Å². The van der Waals surface area contributed by atoms with Gasteiger partial charge in [-0.15, -0.1) is 0 Å². The molecule has 8 heteroatoms. The van der Waals surface area contributed by atoms with E-state index in [4.69, 9.17) is 4.74 Å². The first kappa shape index (κ1) is 19.7. The molecule has 1 amide bonds. The predicted octanol–water partition coefficient (Wildman–Crippen LogP) is 5.70. The maximum absolute atomic E-state index is 14.0. The number of aromatic nitrogens is 1. The monoisotopic (exact) mass is 473 g/mol. The smallest absolute Gasteiger partial charge is 0.412 e. The minimum Gasteiger partial charge on any atom is -0.444 e. The summed E-state index contributed by atoms with van der Waals surface area (Å²) >= 11 is 6.75. The summed E-state index contributed by atoms with van der Waals surface area (Å²) in [5.41, 5.74) is 0.810. The standard InChI is InChI=1S/C17H18Br2FN3O2/c1-17(2,3)25-16(24)23-11-4-5-13(20)14(7-11)22-9-15-12(19)6-10(18)8-21-15/h4-8,22H,9H2,1-3H3,(H,23,24). The van der Waals surface area contributed by atoms with Crippen LogP contribution < -0.4 is 10.6 Å². The second-order valence-corrected chi connectivity index (χ2v) is 8.03. The van der Waals surface area contributed by atoms with E-state index in [9.17, 15) is 9.18 Å². The van der Waals surface area contributed by atoms with Crippen molar-refractivity contribution < 1.29 is 13.9 Å². The van der Waals surface area contributed by atoms with Crippen molar-refractivity contribution in [2.24, 2.45) is 0 Å². The number of benzene rings is 1. The van der Waals surface area contributed by atoms with Gasteiger partial charge >= 0.3 is 6.09 Å². The van der Waals surface area contributed by atoms with Crippen LogP contribution >= 0.6 is 31.9 Å². The molecule has 2 N–H and O–H groups in total. The molecule has 0 spiro atoms. The Morgan fingerprint density at radius 3 is 2.64 bits per heavy atom. The Bertz CT molecular complexity index is 779. The van der Waals surface area contributed by atoms with Crippen molar-refractivity contribution in [3.63, 3.8) is 0 Å². The fourth-order valence-electron chi connectivity index (χ4n) is 1.91. The SMILES string of the molecule is CC(C)(C)OC(=O)Nc1ccc(F)c(NCc2ncc(Br)cc2Br)c1.